The predicted octanol–water partition coefficient (Wildman–Crippen LogP) is 2.38. The summed E-state index contributed by atoms with van der Waals surface area (Å²) < 4.78 is 7.60. The molecule has 23 heavy (non-hydrogen) atoms. The molecular weight excluding hydrogens is 290 g/mol. The van der Waals surface area contributed by atoms with Crippen molar-refractivity contribution < 1.29 is 9.84 Å². The number of benzene rings is 1. The van der Waals surface area contributed by atoms with Gasteiger partial charge in [0.1, 0.15) is 11.6 Å². The normalized spacial score (nSPS) is 21.4. The third-order valence-corrected chi connectivity index (χ3v) is 4.93. The number of hydrogen-bond acceptors (Lipinski definition) is 4. The van der Waals surface area contributed by atoms with Gasteiger partial charge in [0, 0.05) is 24.5 Å². The minimum absolute atomic E-state index is 0.0648. The highest BCUT2D eigenvalue weighted by Crippen LogP contribution is 2.35. The number of aromatic nitrogens is 2. The summed E-state index contributed by atoms with van der Waals surface area (Å²) in [4.78, 5) is 4.60. The molecule has 1 aromatic heterocycles. The van der Waals surface area contributed by atoms with Crippen LogP contribution in [0.1, 0.15) is 29.2 Å². The first-order chi connectivity index (χ1) is 11.0. The maximum absolute atomic E-state index is 10.4. The van der Waals surface area contributed by atoms with Crippen molar-refractivity contribution in [3.8, 4) is 17.1 Å². The van der Waals surface area contributed by atoms with Crippen LogP contribution in [0.25, 0.3) is 11.4 Å². The number of rotatable bonds is 3. The van der Waals surface area contributed by atoms with Gasteiger partial charge in [0.25, 0.3) is 0 Å². The Morgan fingerprint density at radius 1 is 1.30 bits per heavy atom. The van der Waals surface area contributed by atoms with E-state index >= 15 is 0 Å². The fourth-order valence-electron chi connectivity index (χ4n) is 3.53. The van der Waals surface area contributed by atoms with Gasteiger partial charge >= 0.3 is 0 Å². The van der Waals surface area contributed by atoms with Crippen LogP contribution in [0.3, 0.4) is 0 Å². The Labute approximate surface area is 137 Å². The minimum atomic E-state index is -0.392. The average molecular weight is 315 g/mol. The topological polar surface area (TPSA) is 59.3 Å². The first-order valence-electron chi connectivity index (χ1n) is 8.11. The van der Waals surface area contributed by atoms with Gasteiger partial charge in [0.05, 0.1) is 19.3 Å². The number of aryl methyl sites for hydroxylation is 1. The van der Waals surface area contributed by atoms with Crippen molar-refractivity contribution in [3.63, 3.8) is 0 Å². The maximum Gasteiger partial charge on any atom is 0.140 e. The number of nitrogens with zero attached hydrogens (tertiary/aromatic N) is 2. The zero-order chi connectivity index (χ0) is 16.6. The molecule has 0 saturated carbocycles. The Kier molecular flexibility index (Phi) is 4.41. The van der Waals surface area contributed by atoms with Gasteiger partial charge in [0.15, 0.2) is 0 Å². The summed E-state index contributed by atoms with van der Waals surface area (Å²) in [5, 5.41) is 13.6. The molecule has 5 nitrogen and oxygen atoms in total. The van der Waals surface area contributed by atoms with E-state index in [1.807, 2.05) is 12.4 Å². The highest BCUT2D eigenvalue weighted by atomic mass is 16.5. The van der Waals surface area contributed by atoms with Crippen molar-refractivity contribution >= 4 is 0 Å². The third-order valence-electron chi connectivity index (χ3n) is 4.93. The van der Waals surface area contributed by atoms with E-state index in [0.29, 0.717) is 6.54 Å². The van der Waals surface area contributed by atoms with E-state index in [2.05, 4.69) is 41.7 Å². The Morgan fingerprint density at radius 3 is 2.78 bits per heavy atom. The monoisotopic (exact) mass is 315 g/mol. The van der Waals surface area contributed by atoms with E-state index in [4.69, 9.17) is 4.74 Å². The van der Waals surface area contributed by atoms with Gasteiger partial charge in [-0.2, -0.15) is 0 Å². The highest BCUT2D eigenvalue weighted by Gasteiger charge is 2.27. The summed E-state index contributed by atoms with van der Waals surface area (Å²) in [6.45, 7) is 7.81. The van der Waals surface area contributed by atoms with Crippen LogP contribution in [0, 0.1) is 20.8 Å². The smallest absolute Gasteiger partial charge is 0.140 e. The lowest BCUT2D eigenvalue weighted by atomic mass is 9.95. The number of aliphatic hydroxyl groups is 1. The van der Waals surface area contributed by atoms with Gasteiger partial charge in [-0.05, 0) is 56.5 Å². The fourth-order valence-corrected chi connectivity index (χ4v) is 3.53. The second-order valence-electron chi connectivity index (χ2n) is 6.31. The van der Waals surface area contributed by atoms with Crippen molar-refractivity contribution in [1.82, 2.24) is 14.9 Å². The Hall–Kier alpha value is -1.85. The Balaban J connectivity index is 2.11. The molecule has 0 aliphatic carbocycles. The molecule has 2 atom stereocenters. The van der Waals surface area contributed by atoms with Crippen LogP contribution in [0.15, 0.2) is 18.5 Å². The molecule has 0 spiro atoms. The standard InChI is InChI=1S/C18H25N3O2/c1-11-9-16(23-4)12(2)13(3)17(11)18-20-7-8-21(18)14-5-6-19-10-15(14)22/h7-9,14-15,19,22H,5-6,10H2,1-4H3/t14-,15-/m0/s1. The zero-order valence-electron chi connectivity index (χ0n) is 14.3. The highest BCUT2D eigenvalue weighted by molar-refractivity contribution is 5.69. The molecule has 124 valence electrons. The maximum atomic E-state index is 10.4. The molecule has 1 aromatic carbocycles. The molecule has 5 heteroatoms. The third kappa shape index (κ3) is 2.75. The summed E-state index contributed by atoms with van der Waals surface area (Å²) in [6, 6.07) is 2.13. The molecule has 1 aliphatic heterocycles. The van der Waals surface area contributed by atoms with Crippen molar-refractivity contribution in [2.45, 2.75) is 39.3 Å². The first kappa shape index (κ1) is 16.0. The molecule has 0 radical (unpaired) electrons. The van der Waals surface area contributed by atoms with Gasteiger partial charge in [-0.1, -0.05) is 0 Å². The number of imidazole rings is 1. The predicted molar refractivity (Wildman–Crippen MR) is 91.0 cm³/mol. The molecular formula is C18H25N3O2. The van der Waals surface area contributed by atoms with Crippen LogP contribution in [-0.4, -0.2) is 41.0 Å². The van der Waals surface area contributed by atoms with Crippen LogP contribution in [0.2, 0.25) is 0 Å². The van der Waals surface area contributed by atoms with E-state index in [0.717, 1.165) is 41.2 Å². The lowest BCUT2D eigenvalue weighted by Crippen LogP contribution is -2.41. The number of methoxy groups -OCH3 is 1. The number of aliphatic hydroxyl groups excluding tert-OH is 1. The van der Waals surface area contributed by atoms with Crippen LogP contribution in [0.4, 0.5) is 0 Å². The summed E-state index contributed by atoms with van der Waals surface area (Å²) in [5.41, 5.74) is 4.59. The van der Waals surface area contributed by atoms with Gasteiger partial charge in [-0.3, -0.25) is 0 Å². The molecule has 2 aromatic rings. The van der Waals surface area contributed by atoms with Crippen LogP contribution in [0.5, 0.6) is 5.75 Å². The lowest BCUT2D eigenvalue weighted by Gasteiger charge is -2.31. The first-order valence-corrected chi connectivity index (χ1v) is 8.11. The van der Waals surface area contributed by atoms with Crippen LogP contribution < -0.4 is 10.1 Å². The summed E-state index contributed by atoms with van der Waals surface area (Å²) >= 11 is 0. The Bertz CT molecular complexity index is 709. The van der Waals surface area contributed by atoms with E-state index in [1.165, 1.54) is 5.56 Å². The molecule has 2 heterocycles. The van der Waals surface area contributed by atoms with Gasteiger partial charge in [-0.25, -0.2) is 4.98 Å². The second-order valence-corrected chi connectivity index (χ2v) is 6.31. The SMILES string of the molecule is COc1cc(C)c(-c2nccn2[C@H]2CCNC[C@@H]2O)c(C)c1C. The van der Waals surface area contributed by atoms with Crippen LogP contribution in [-0.2, 0) is 0 Å². The van der Waals surface area contributed by atoms with E-state index in [9.17, 15) is 5.11 Å². The summed E-state index contributed by atoms with van der Waals surface area (Å²) in [6.07, 6.45) is 4.31. The Morgan fingerprint density at radius 2 is 2.09 bits per heavy atom. The van der Waals surface area contributed by atoms with E-state index in [-0.39, 0.29) is 6.04 Å². The van der Waals surface area contributed by atoms with Gasteiger partial charge in [-0.15, -0.1) is 0 Å². The largest absolute Gasteiger partial charge is 0.496 e. The van der Waals surface area contributed by atoms with Gasteiger partial charge in [0.2, 0.25) is 0 Å². The molecule has 3 rings (SSSR count). The quantitative estimate of drug-likeness (QED) is 0.913. The second kappa shape index (κ2) is 6.34. The zero-order valence-corrected chi connectivity index (χ0v) is 14.3. The number of hydrogen-bond donors (Lipinski definition) is 2. The van der Waals surface area contributed by atoms with E-state index in [1.54, 1.807) is 7.11 Å². The van der Waals surface area contributed by atoms with Crippen molar-refractivity contribution in [3.05, 3.63) is 35.2 Å². The minimum Gasteiger partial charge on any atom is -0.496 e. The molecule has 1 saturated heterocycles. The number of β-amino-alcohol motifs (C(OH)–C–C–N with tert-alkyl or cyclic N) is 1. The molecule has 1 fully saturated rings. The summed E-state index contributed by atoms with van der Waals surface area (Å²) in [7, 11) is 1.70. The molecule has 0 bridgehead atoms. The molecule has 0 amide bonds. The van der Waals surface area contributed by atoms with E-state index < -0.39 is 6.10 Å². The average Bonchev–Trinajstić information content (AvgIpc) is 3.00. The molecule has 0 unspecified atom stereocenters. The van der Waals surface area contributed by atoms with Gasteiger partial charge < -0.3 is 19.7 Å². The van der Waals surface area contributed by atoms with Crippen molar-refractivity contribution in [1.29, 1.82) is 0 Å². The number of ether oxygens (including phenoxy) is 1. The fraction of sp³-hybridized carbons (Fsp3) is 0.500. The number of piperidine rings is 1. The molecule has 1 aliphatic rings. The lowest BCUT2D eigenvalue weighted by molar-refractivity contribution is 0.0880. The van der Waals surface area contributed by atoms with Crippen LogP contribution >= 0.6 is 0 Å². The van der Waals surface area contributed by atoms with Crippen molar-refractivity contribution in [2.24, 2.45) is 0 Å². The molecule has 2 N–H and O–H groups in total. The van der Waals surface area contributed by atoms with Crippen molar-refractivity contribution in [2.75, 3.05) is 20.2 Å². The summed E-state index contributed by atoms with van der Waals surface area (Å²) in [5.74, 6) is 1.83. The number of nitrogens with one attached hydrogen (secondary N) is 1.